The molecule has 0 bridgehead atoms. The summed E-state index contributed by atoms with van der Waals surface area (Å²) in [7, 11) is 1.86. The number of nitrogens with one attached hydrogen (secondary N) is 1. The van der Waals surface area contributed by atoms with E-state index in [0.29, 0.717) is 6.61 Å². The van der Waals surface area contributed by atoms with Gasteiger partial charge in [0.15, 0.2) is 0 Å². The van der Waals surface area contributed by atoms with E-state index in [9.17, 15) is 0 Å². The SMILES string of the molecule is CNc1cc(COc2ccc(C(C)(C)C)cc2)ccn1. The average Bonchev–Trinajstić information content (AvgIpc) is 2.45. The van der Waals surface area contributed by atoms with Gasteiger partial charge in [0.1, 0.15) is 18.2 Å². The van der Waals surface area contributed by atoms with Crippen molar-refractivity contribution in [2.75, 3.05) is 12.4 Å². The number of anilines is 1. The number of nitrogens with zero attached hydrogens (tertiary/aromatic N) is 1. The van der Waals surface area contributed by atoms with Crippen LogP contribution in [0.5, 0.6) is 5.75 Å². The minimum atomic E-state index is 0.172. The Kier molecular flexibility index (Phi) is 4.28. The van der Waals surface area contributed by atoms with Gasteiger partial charge in [0.05, 0.1) is 0 Å². The second-order valence-corrected chi connectivity index (χ2v) is 5.86. The normalized spacial score (nSPS) is 11.2. The summed E-state index contributed by atoms with van der Waals surface area (Å²) in [6, 6.07) is 12.3. The van der Waals surface area contributed by atoms with Gasteiger partial charge in [0, 0.05) is 13.2 Å². The predicted molar refractivity (Wildman–Crippen MR) is 83.3 cm³/mol. The van der Waals surface area contributed by atoms with Crippen molar-refractivity contribution in [2.45, 2.75) is 32.8 Å². The molecule has 0 saturated carbocycles. The molecule has 106 valence electrons. The first-order chi connectivity index (χ1) is 9.49. The molecule has 1 heterocycles. The zero-order valence-corrected chi connectivity index (χ0v) is 12.6. The van der Waals surface area contributed by atoms with Crippen LogP contribution in [-0.2, 0) is 12.0 Å². The molecule has 0 aliphatic carbocycles. The molecule has 20 heavy (non-hydrogen) atoms. The smallest absolute Gasteiger partial charge is 0.126 e. The zero-order valence-electron chi connectivity index (χ0n) is 12.6. The van der Waals surface area contributed by atoms with Crippen LogP contribution in [-0.4, -0.2) is 12.0 Å². The lowest BCUT2D eigenvalue weighted by Crippen LogP contribution is -2.10. The molecule has 0 aliphatic rings. The molecule has 0 unspecified atom stereocenters. The summed E-state index contributed by atoms with van der Waals surface area (Å²) in [5.41, 5.74) is 2.58. The van der Waals surface area contributed by atoms with Gasteiger partial charge in [0.2, 0.25) is 0 Å². The first-order valence-electron chi connectivity index (χ1n) is 6.85. The van der Waals surface area contributed by atoms with E-state index >= 15 is 0 Å². The monoisotopic (exact) mass is 270 g/mol. The largest absolute Gasteiger partial charge is 0.489 e. The summed E-state index contributed by atoms with van der Waals surface area (Å²) < 4.78 is 5.80. The number of pyridine rings is 1. The molecule has 1 aromatic heterocycles. The van der Waals surface area contributed by atoms with Crippen molar-refractivity contribution in [2.24, 2.45) is 0 Å². The van der Waals surface area contributed by atoms with E-state index < -0.39 is 0 Å². The van der Waals surface area contributed by atoms with E-state index in [2.05, 4.69) is 43.2 Å². The van der Waals surface area contributed by atoms with E-state index in [4.69, 9.17) is 4.74 Å². The maximum Gasteiger partial charge on any atom is 0.126 e. The topological polar surface area (TPSA) is 34.1 Å². The summed E-state index contributed by atoms with van der Waals surface area (Å²) in [5.74, 6) is 1.75. The van der Waals surface area contributed by atoms with Crippen molar-refractivity contribution in [3.8, 4) is 5.75 Å². The van der Waals surface area contributed by atoms with Crippen LogP contribution in [0.2, 0.25) is 0 Å². The van der Waals surface area contributed by atoms with Gasteiger partial charge in [-0.2, -0.15) is 0 Å². The third kappa shape index (κ3) is 3.73. The second kappa shape index (κ2) is 5.95. The molecular formula is C17H22N2O. The fourth-order valence-corrected chi connectivity index (χ4v) is 1.92. The number of rotatable bonds is 4. The highest BCUT2D eigenvalue weighted by molar-refractivity contribution is 5.37. The number of benzene rings is 1. The molecule has 0 radical (unpaired) electrons. The third-order valence-electron chi connectivity index (χ3n) is 3.21. The lowest BCUT2D eigenvalue weighted by molar-refractivity contribution is 0.306. The Hall–Kier alpha value is -2.03. The third-order valence-corrected chi connectivity index (χ3v) is 3.21. The molecule has 3 nitrogen and oxygen atoms in total. The van der Waals surface area contributed by atoms with Crippen molar-refractivity contribution in [1.29, 1.82) is 0 Å². The molecule has 0 amide bonds. The van der Waals surface area contributed by atoms with Crippen LogP contribution in [0.1, 0.15) is 31.9 Å². The highest BCUT2D eigenvalue weighted by atomic mass is 16.5. The molecule has 2 rings (SSSR count). The standard InChI is InChI=1S/C17H22N2O/c1-17(2,3)14-5-7-15(8-6-14)20-12-13-9-10-19-16(11-13)18-4/h5-11H,12H2,1-4H3,(H,18,19). The quantitative estimate of drug-likeness (QED) is 0.911. The van der Waals surface area contributed by atoms with Crippen LogP contribution >= 0.6 is 0 Å². The van der Waals surface area contributed by atoms with Crippen molar-refractivity contribution in [3.63, 3.8) is 0 Å². The molecule has 0 aliphatic heterocycles. The number of hydrogen-bond donors (Lipinski definition) is 1. The molecule has 0 fully saturated rings. The Balaban J connectivity index is 2.00. The summed E-state index contributed by atoms with van der Waals surface area (Å²) in [6.45, 7) is 7.17. The van der Waals surface area contributed by atoms with E-state index in [1.54, 1.807) is 6.20 Å². The predicted octanol–water partition coefficient (Wildman–Crippen LogP) is 4.00. The molecular weight excluding hydrogens is 248 g/mol. The van der Waals surface area contributed by atoms with Gasteiger partial charge < -0.3 is 10.1 Å². The van der Waals surface area contributed by atoms with E-state index in [1.165, 1.54) is 5.56 Å². The zero-order chi connectivity index (χ0) is 14.6. The van der Waals surface area contributed by atoms with Gasteiger partial charge in [-0.1, -0.05) is 32.9 Å². The number of hydrogen-bond acceptors (Lipinski definition) is 3. The van der Waals surface area contributed by atoms with Crippen LogP contribution in [0.3, 0.4) is 0 Å². The lowest BCUT2D eigenvalue weighted by atomic mass is 9.87. The molecule has 0 spiro atoms. The summed E-state index contributed by atoms with van der Waals surface area (Å²) in [6.07, 6.45) is 1.78. The highest BCUT2D eigenvalue weighted by Gasteiger charge is 2.12. The van der Waals surface area contributed by atoms with Crippen LogP contribution in [0.25, 0.3) is 0 Å². The van der Waals surface area contributed by atoms with E-state index in [1.807, 2.05) is 31.3 Å². The highest BCUT2D eigenvalue weighted by Crippen LogP contribution is 2.24. The summed E-state index contributed by atoms with van der Waals surface area (Å²) in [4.78, 5) is 4.18. The Bertz CT molecular complexity index is 556. The van der Waals surface area contributed by atoms with Gasteiger partial charge in [-0.05, 0) is 40.8 Å². The van der Waals surface area contributed by atoms with Crippen LogP contribution in [0.4, 0.5) is 5.82 Å². The molecule has 2 aromatic rings. The fourth-order valence-electron chi connectivity index (χ4n) is 1.92. The molecule has 0 atom stereocenters. The first kappa shape index (κ1) is 14.4. The van der Waals surface area contributed by atoms with Gasteiger partial charge >= 0.3 is 0 Å². The van der Waals surface area contributed by atoms with Crippen LogP contribution in [0.15, 0.2) is 42.6 Å². The van der Waals surface area contributed by atoms with E-state index in [0.717, 1.165) is 17.1 Å². The number of ether oxygens (including phenoxy) is 1. The van der Waals surface area contributed by atoms with Gasteiger partial charge in [0.25, 0.3) is 0 Å². The minimum absolute atomic E-state index is 0.172. The lowest BCUT2D eigenvalue weighted by Gasteiger charge is -2.19. The molecule has 1 N–H and O–H groups in total. The van der Waals surface area contributed by atoms with E-state index in [-0.39, 0.29) is 5.41 Å². The maximum absolute atomic E-state index is 5.80. The molecule has 3 heteroatoms. The first-order valence-corrected chi connectivity index (χ1v) is 6.85. The second-order valence-electron chi connectivity index (χ2n) is 5.86. The Labute approximate surface area is 121 Å². The average molecular weight is 270 g/mol. The summed E-state index contributed by atoms with van der Waals surface area (Å²) in [5, 5.41) is 3.02. The number of aromatic nitrogens is 1. The van der Waals surface area contributed by atoms with Crippen molar-refractivity contribution >= 4 is 5.82 Å². The van der Waals surface area contributed by atoms with Crippen molar-refractivity contribution < 1.29 is 4.74 Å². The Morgan fingerprint density at radius 3 is 2.40 bits per heavy atom. The Morgan fingerprint density at radius 2 is 1.80 bits per heavy atom. The van der Waals surface area contributed by atoms with Crippen LogP contribution < -0.4 is 10.1 Å². The van der Waals surface area contributed by atoms with Gasteiger partial charge in [-0.3, -0.25) is 0 Å². The maximum atomic E-state index is 5.80. The Morgan fingerprint density at radius 1 is 1.10 bits per heavy atom. The van der Waals surface area contributed by atoms with Crippen LogP contribution in [0, 0.1) is 0 Å². The van der Waals surface area contributed by atoms with Gasteiger partial charge in [-0.25, -0.2) is 4.98 Å². The fraction of sp³-hybridized carbons (Fsp3) is 0.353. The van der Waals surface area contributed by atoms with Crippen molar-refractivity contribution in [1.82, 2.24) is 4.98 Å². The molecule has 1 aromatic carbocycles. The molecule has 0 saturated heterocycles. The van der Waals surface area contributed by atoms with Crippen molar-refractivity contribution in [3.05, 3.63) is 53.7 Å². The minimum Gasteiger partial charge on any atom is -0.489 e. The van der Waals surface area contributed by atoms with Gasteiger partial charge in [-0.15, -0.1) is 0 Å². The summed E-state index contributed by atoms with van der Waals surface area (Å²) >= 11 is 0.